The number of methoxy groups -OCH3 is 2. The lowest BCUT2D eigenvalue weighted by atomic mass is 10.1. The van der Waals surface area contributed by atoms with Crippen LogP contribution < -0.4 is 14.8 Å². The Morgan fingerprint density at radius 1 is 1.07 bits per heavy atom. The molecule has 7 nitrogen and oxygen atoms in total. The molecule has 0 bridgehead atoms. The molecule has 0 aliphatic heterocycles. The van der Waals surface area contributed by atoms with Crippen molar-refractivity contribution < 1.29 is 19.1 Å². The summed E-state index contributed by atoms with van der Waals surface area (Å²) in [6.45, 7) is 0. The van der Waals surface area contributed by atoms with Crippen molar-refractivity contribution in [2.45, 2.75) is 6.42 Å². The quantitative estimate of drug-likeness (QED) is 0.639. The first-order valence-electron chi connectivity index (χ1n) is 8.64. The van der Waals surface area contributed by atoms with Crippen LogP contribution in [-0.4, -0.2) is 35.5 Å². The molecule has 0 spiro atoms. The molecule has 1 heterocycles. The second-order valence-corrected chi connectivity index (χ2v) is 6.17. The SMILES string of the molecule is COc1ccc(OC)c(CC(=O)Nc2ccc(C(=O)c3nccn3C)cc2)c1. The number of ketones is 1. The summed E-state index contributed by atoms with van der Waals surface area (Å²) in [5.74, 6) is 1.26. The number of amides is 1. The number of carbonyl (C=O) groups excluding carboxylic acids is 2. The Labute approximate surface area is 162 Å². The van der Waals surface area contributed by atoms with Gasteiger partial charge in [-0.3, -0.25) is 9.59 Å². The highest BCUT2D eigenvalue weighted by Gasteiger charge is 2.14. The normalized spacial score (nSPS) is 10.4. The van der Waals surface area contributed by atoms with Crippen molar-refractivity contribution >= 4 is 17.4 Å². The van der Waals surface area contributed by atoms with Gasteiger partial charge in [-0.05, 0) is 42.5 Å². The van der Waals surface area contributed by atoms with E-state index in [1.165, 1.54) is 0 Å². The molecular weight excluding hydrogens is 358 g/mol. The molecule has 1 aromatic heterocycles. The van der Waals surface area contributed by atoms with Crippen LogP contribution in [0.3, 0.4) is 0 Å². The van der Waals surface area contributed by atoms with Crippen LogP contribution in [0.2, 0.25) is 0 Å². The highest BCUT2D eigenvalue weighted by Crippen LogP contribution is 2.24. The lowest BCUT2D eigenvalue weighted by molar-refractivity contribution is -0.115. The molecule has 0 atom stereocenters. The number of nitrogens with zero attached hydrogens (tertiary/aromatic N) is 2. The molecule has 0 unspecified atom stereocenters. The maximum absolute atomic E-state index is 12.4. The summed E-state index contributed by atoms with van der Waals surface area (Å²) in [5, 5.41) is 2.82. The van der Waals surface area contributed by atoms with E-state index in [4.69, 9.17) is 9.47 Å². The first kappa shape index (κ1) is 19.2. The van der Waals surface area contributed by atoms with E-state index in [2.05, 4.69) is 10.3 Å². The first-order valence-corrected chi connectivity index (χ1v) is 8.64. The van der Waals surface area contributed by atoms with Crippen molar-refractivity contribution in [3.05, 3.63) is 71.8 Å². The van der Waals surface area contributed by atoms with Crippen molar-refractivity contribution in [3.8, 4) is 11.5 Å². The third kappa shape index (κ3) is 4.20. The fourth-order valence-electron chi connectivity index (χ4n) is 2.82. The Kier molecular flexibility index (Phi) is 5.74. The molecule has 0 saturated carbocycles. The number of hydrogen-bond acceptors (Lipinski definition) is 5. The Bertz CT molecular complexity index is 993. The van der Waals surface area contributed by atoms with E-state index < -0.39 is 0 Å². The molecular formula is C21H21N3O4. The van der Waals surface area contributed by atoms with E-state index in [0.717, 1.165) is 5.56 Å². The smallest absolute Gasteiger partial charge is 0.228 e. The average Bonchev–Trinajstić information content (AvgIpc) is 3.13. The predicted octanol–water partition coefficient (Wildman–Crippen LogP) is 2.85. The zero-order valence-corrected chi connectivity index (χ0v) is 15.9. The number of nitrogens with one attached hydrogen (secondary N) is 1. The number of aromatic nitrogens is 2. The molecule has 2 aromatic carbocycles. The van der Waals surface area contributed by atoms with Gasteiger partial charge in [-0.2, -0.15) is 0 Å². The number of ether oxygens (including phenoxy) is 2. The minimum atomic E-state index is -0.199. The lowest BCUT2D eigenvalue weighted by Gasteiger charge is -2.11. The summed E-state index contributed by atoms with van der Waals surface area (Å²) in [5.41, 5.74) is 1.82. The Balaban J connectivity index is 1.68. The van der Waals surface area contributed by atoms with Gasteiger partial charge in [-0.15, -0.1) is 0 Å². The van der Waals surface area contributed by atoms with Crippen LogP contribution in [-0.2, 0) is 18.3 Å². The molecule has 0 fully saturated rings. The number of hydrogen-bond donors (Lipinski definition) is 1. The van der Waals surface area contributed by atoms with Gasteiger partial charge in [0.2, 0.25) is 11.7 Å². The molecule has 0 aliphatic rings. The van der Waals surface area contributed by atoms with Gasteiger partial charge < -0.3 is 19.4 Å². The topological polar surface area (TPSA) is 82.4 Å². The number of aryl methyl sites for hydroxylation is 1. The zero-order chi connectivity index (χ0) is 20.1. The van der Waals surface area contributed by atoms with E-state index in [9.17, 15) is 9.59 Å². The summed E-state index contributed by atoms with van der Waals surface area (Å²) in [6.07, 6.45) is 3.43. The monoisotopic (exact) mass is 379 g/mol. The number of carbonyl (C=O) groups is 2. The van der Waals surface area contributed by atoms with Gasteiger partial charge in [0.15, 0.2) is 5.82 Å². The number of imidazole rings is 1. The first-order chi connectivity index (χ1) is 13.5. The van der Waals surface area contributed by atoms with Crippen molar-refractivity contribution in [1.82, 2.24) is 9.55 Å². The molecule has 7 heteroatoms. The molecule has 0 radical (unpaired) electrons. The molecule has 0 aliphatic carbocycles. The van der Waals surface area contributed by atoms with Crippen LogP contribution in [0.4, 0.5) is 5.69 Å². The van der Waals surface area contributed by atoms with Gasteiger partial charge in [0.1, 0.15) is 11.5 Å². The summed E-state index contributed by atoms with van der Waals surface area (Å²) in [6, 6.07) is 12.0. The van der Waals surface area contributed by atoms with E-state index >= 15 is 0 Å². The maximum Gasteiger partial charge on any atom is 0.228 e. The van der Waals surface area contributed by atoms with Crippen LogP contribution in [0.5, 0.6) is 11.5 Å². The van der Waals surface area contributed by atoms with Gasteiger partial charge >= 0.3 is 0 Å². The minimum absolute atomic E-state index is 0.133. The van der Waals surface area contributed by atoms with E-state index in [-0.39, 0.29) is 18.1 Å². The average molecular weight is 379 g/mol. The fraction of sp³-hybridized carbons (Fsp3) is 0.190. The molecule has 144 valence electrons. The van der Waals surface area contributed by atoms with Gasteiger partial charge in [0, 0.05) is 36.3 Å². The summed E-state index contributed by atoms with van der Waals surface area (Å²) < 4.78 is 12.2. The highest BCUT2D eigenvalue weighted by atomic mass is 16.5. The Hall–Kier alpha value is -3.61. The van der Waals surface area contributed by atoms with Crippen molar-refractivity contribution in [1.29, 1.82) is 0 Å². The predicted molar refractivity (Wildman–Crippen MR) is 105 cm³/mol. The molecule has 3 aromatic rings. The summed E-state index contributed by atoms with van der Waals surface area (Å²) in [7, 11) is 4.89. The van der Waals surface area contributed by atoms with Crippen molar-refractivity contribution in [2.24, 2.45) is 7.05 Å². The van der Waals surface area contributed by atoms with Crippen LogP contribution >= 0.6 is 0 Å². The minimum Gasteiger partial charge on any atom is -0.497 e. The number of anilines is 1. The highest BCUT2D eigenvalue weighted by molar-refractivity contribution is 6.07. The summed E-state index contributed by atoms with van der Waals surface area (Å²) in [4.78, 5) is 28.9. The Morgan fingerprint density at radius 2 is 1.82 bits per heavy atom. The van der Waals surface area contributed by atoms with Gasteiger partial charge in [-0.1, -0.05) is 0 Å². The van der Waals surface area contributed by atoms with Gasteiger partial charge in [-0.25, -0.2) is 4.98 Å². The van der Waals surface area contributed by atoms with Crippen LogP contribution in [0.25, 0.3) is 0 Å². The standard InChI is InChI=1S/C21H21N3O4/c1-24-11-10-22-21(24)20(26)14-4-6-16(7-5-14)23-19(25)13-15-12-17(27-2)8-9-18(15)28-3/h4-12H,13H2,1-3H3,(H,23,25). The fourth-order valence-corrected chi connectivity index (χ4v) is 2.82. The Morgan fingerprint density at radius 3 is 2.43 bits per heavy atom. The molecule has 1 amide bonds. The van der Waals surface area contributed by atoms with E-state index in [1.54, 1.807) is 80.7 Å². The molecule has 0 saturated heterocycles. The van der Waals surface area contributed by atoms with Crippen LogP contribution in [0.1, 0.15) is 21.7 Å². The zero-order valence-electron chi connectivity index (χ0n) is 15.9. The second-order valence-electron chi connectivity index (χ2n) is 6.17. The third-order valence-electron chi connectivity index (χ3n) is 4.29. The second kappa shape index (κ2) is 8.39. The van der Waals surface area contributed by atoms with E-state index in [1.807, 2.05) is 0 Å². The van der Waals surface area contributed by atoms with Crippen LogP contribution in [0.15, 0.2) is 54.9 Å². The van der Waals surface area contributed by atoms with Gasteiger partial charge in [0.25, 0.3) is 0 Å². The molecule has 1 N–H and O–H groups in total. The molecule has 28 heavy (non-hydrogen) atoms. The van der Waals surface area contributed by atoms with E-state index in [0.29, 0.717) is 28.6 Å². The van der Waals surface area contributed by atoms with Crippen LogP contribution in [0, 0.1) is 0 Å². The number of benzene rings is 2. The van der Waals surface area contributed by atoms with Crippen molar-refractivity contribution in [3.63, 3.8) is 0 Å². The maximum atomic E-state index is 12.4. The van der Waals surface area contributed by atoms with Crippen molar-refractivity contribution in [2.75, 3.05) is 19.5 Å². The largest absolute Gasteiger partial charge is 0.497 e. The lowest BCUT2D eigenvalue weighted by Crippen LogP contribution is -2.15. The van der Waals surface area contributed by atoms with Gasteiger partial charge in [0.05, 0.1) is 20.6 Å². The molecule has 3 rings (SSSR count). The summed E-state index contributed by atoms with van der Waals surface area (Å²) >= 11 is 0. The number of rotatable bonds is 7. The third-order valence-corrected chi connectivity index (χ3v) is 4.29.